The molecule has 0 N–H and O–H groups in total. The van der Waals surface area contributed by atoms with Crippen LogP contribution in [-0.4, -0.2) is 24.1 Å². The minimum Gasteiger partial charge on any atom is -0.454 e. The standard InChI is InChI=1S/C13H20O2.C12H18O2/c1-9(2)11-7-5-6-8-12(11)15-13(14)10(3)4;1-8(2)10-6-5-7-11(10)14-12(13)9(3)4/h12H,3,5-8H2,1-2,4H3;11H,3,5-7H2,1-2,4H3. The Kier molecular flexibility index (Phi) is 10.1. The van der Waals surface area contributed by atoms with Gasteiger partial charge in [0, 0.05) is 11.1 Å². The summed E-state index contributed by atoms with van der Waals surface area (Å²) in [5.74, 6) is -0.531. The molecule has 0 amide bonds. The van der Waals surface area contributed by atoms with Crippen molar-refractivity contribution < 1.29 is 19.1 Å². The lowest BCUT2D eigenvalue weighted by molar-refractivity contribution is -0.143. The Morgan fingerprint density at radius 1 is 0.690 bits per heavy atom. The van der Waals surface area contributed by atoms with E-state index < -0.39 is 0 Å². The fourth-order valence-electron chi connectivity index (χ4n) is 3.66. The molecule has 0 aromatic rings. The molecule has 2 aliphatic carbocycles. The zero-order valence-corrected chi connectivity index (χ0v) is 19.2. The maximum atomic E-state index is 11.4. The van der Waals surface area contributed by atoms with Crippen molar-refractivity contribution in [1.82, 2.24) is 0 Å². The molecule has 2 aliphatic rings. The number of hydrogen-bond donors (Lipinski definition) is 0. The van der Waals surface area contributed by atoms with Crippen LogP contribution in [0.25, 0.3) is 0 Å². The highest BCUT2D eigenvalue weighted by Gasteiger charge is 2.25. The monoisotopic (exact) mass is 402 g/mol. The predicted molar refractivity (Wildman–Crippen MR) is 118 cm³/mol. The van der Waals surface area contributed by atoms with E-state index in [2.05, 4.69) is 40.9 Å². The van der Waals surface area contributed by atoms with Crippen molar-refractivity contribution in [2.75, 3.05) is 0 Å². The molecule has 29 heavy (non-hydrogen) atoms. The topological polar surface area (TPSA) is 52.6 Å². The fraction of sp³-hybridized carbons (Fsp3) is 0.600. The molecule has 2 atom stereocenters. The molecule has 0 radical (unpaired) electrons. The maximum absolute atomic E-state index is 11.4. The summed E-state index contributed by atoms with van der Waals surface area (Å²) < 4.78 is 10.8. The summed E-state index contributed by atoms with van der Waals surface area (Å²) in [6, 6.07) is 0. The molecule has 0 aromatic heterocycles. The third-order valence-corrected chi connectivity index (χ3v) is 5.33. The Bertz CT molecular complexity index is 700. The number of ether oxygens (including phenoxy) is 2. The Morgan fingerprint density at radius 2 is 1.07 bits per heavy atom. The second-order valence-electron chi connectivity index (χ2n) is 8.54. The molecule has 4 heteroatoms. The van der Waals surface area contributed by atoms with Crippen molar-refractivity contribution in [3.63, 3.8) is 0 Å². The number of hydrogen-bond acceptors (Lipinski definition) is 4. The van der Waals surface area contributed by atoms with Gasteiger partial charge >= 0.3 is 11.9 Å². The van der Waals surface area contributed by atoms with Crippen LogP contribution < -0.4 is 0 Å². The Balaban J connectivity index is 0.000000291. The molecule has 4 nitrogen and oxygen atoms in total. The van der Waals surface area contributed by atoms with Gasteiger partial charge in [-0.15, -0.1) is 0 Å². The normalized spacial score (nSPS) is 20.9. The Morgan fingerprint density at radius 3 is 1.45 bits per heavy atom. The maximum Gasteiger partial charge on any atom is 0.333 e. The first kappa shape index (κ1) is 24.9. The number of allylic oxidation sites excluding steroid dienone is 2. The Labute approximate surface area is 176 Å². The first-order chi connectivity index (χ1) is 13.5. The molecule has 0 spiro atoms. The minimum absolute atomic E-state index is 0.00389. The van der Waals surface area contributed by atoms with Crippen LogP contribution in [-0.2, 0) is 19.1 Å². The number of carbonyl (C=O) groups is 2. The van der Waals surface area contributed by atoms with Crippen LogP contribution in [0, 0.1) is 0 Å². The van der Waals surface area contributed by atoms with Gasteiger partial charge in [-0.05, 0) is 97.6 Å². The van der Waals surface area contributed by atoms with Gasteiger partial charge in [0.2, 0.25) is 0 Å². The second kappa shape index (κ2) is 11.8. The van der Waals surface area contributed by atoms with E-state index in [4.69, 9.17) is 9.47 Å². The van der Waals surface area contributed by atoms with E-state index in [0.29, 0.717) is 11.1 Å². The van der Waals surface area contributed by atoms with Gasteiger partial charge in [0.15, 0.2) is 0 Å². The van der Waals surface area contributed by atoms with Gasteiger partial charge in [0.05, 0.1) is 0 Å². The van der Waals surface area contributed by atoms with Gasteiger partial charge in [0.25, 0.3) is 0 Å². The lowest BCUT2D eigenvalue weighted by atomic mass is 9.89. The van der Waals surface area contributed by atoms with Gasteiger partial charge in [-0.25, -0.2) is 9.59 Å². The van der Waals surface area contributed by atoms with Crippen molar-refractivity contribution in [2.24, 2.45) is 0 Å². The third-order valence-electron chi connectivity index (χ3n) is 5.33. The van der Waals surface area contributed by atoms with E-state index >= 15 is 0 Å². The quantitative estimate of drug-likeness (QED) is 0.311. The van der Waals surface area contributed by atoms with Gasteiger partial charge in [-0.3, -0.25) is 0 Å². The van der Waals surface area contributed by atoms with Crippen molar-refractivity contribution in [3.05, 3.63) is 46.6 Å². The van der Waals surface area contributed by atoms with E-state index in [1.807, 2.05) is 0 Å². The van der Waals surface area contributed by atoms with Crippen LogP contribution in [0.15, 0.2) is 46.6 Å². The molecule has 0 aromatic carbocycles. The summed E-state index contributed by atoms with van der Waals surface area (Å²) in [4.78, 5) is 22.8. The van der Waals surface area contributed by atoms with Crippen molar-refractivity contribution in [1.29, 1.82) is 0 Å². The summed E-state index contributed by atoms with van der Waals surface area (Å²) in [6.45, 7) is 18.9. The summed E-state index contributed by atoms with van der Waals surface area (Å²) in [6.07, 6.45) is 7.52. The van der Waals surface area contributed by atoms with Gasteiger partial charge < -0.3 is 9.47 Å². The highest BCUT2D eigenvalue weighted by molar-refractivity contribution is 5.87. The van der Waals surface area contributed by atoms with Crippen LogP contribution in [0.4, 0.5) is 0 Å². The average molecular weight is 403 g/mol. The molecule has 0 bridgehead atoms. The van der Waals surface area contributed by atoms with Crippen LogP contribution in [0.1, 0.15) is 86.5 Å². The van der Waals surface area contributed by atoms with Crippen molar-refractivity contribution in [2.45, 2.75) is 98.7 Å². The zero-order valence-electron chi connectivity index (χ0n) is 19.2. The summed E-state index contributed by atoms with van der Waals surface area (Å²) >= 11 is 0. The number of rotatable bonds is 4. The molecule has 2 saturated carbocycles. The molecule has 162 valence electrons. The zero-order chi connectivity index (χ0) is 22.1. The van der Waals surface area contributed by atoms with Gasteiger partial charge in [-0.1, -0.05) is 24.3 Å². The van der Waals surface area contributed by atoms with Crippen molar-refractivity contribution in [3.8, 4) is 0 Å². The van der Waals surface area contributed by atoms with E-state index in [-0.39, 0.29) is 24.1 Å². The van der Waals surface area contributed by atoms with Gasteiger partial charge in [0.1, 0.15) is 12.2 Å². The fourth-order valence-corrected chi connectivity index (χ4v) is 3.66. The van der Waals surface area contributed by atoms with E-state index in [0.717, 1.165) is 38.5 Å². The molecule has 0 aliphatic heterocycles. The molecule has 0 saturated heterocycles. The molecule has 2 rings (SSSR count). The first-order valence-corrected chi connectivity index (χ1v) is 10.6. The molecular formula is C25H38O4. The molecular weight excluding hydrogens is 364 g/mol. The van der Waals surface area contributed by atoms with Crippen LogP contribution in [0.5, 0.6) is 0 Å². The lowest BCUT2D eigenvalue weighted by Crippen LogP contribution is -2.24. The average Bonchev–Trinajstić information content (AvgIpc) is 3.10. The largest absolute Gasteiger partial charge is 0.454 e. The SMILES string of the molecule is C=C(C)C(=O)OC1CCCC1=C(C)C.C=C(C)C(=O)OC1CCCCC1=C(C)C. The van der Waals surface area contributed by atoms with Crippen molar-refractivity contribution >= 4 is 11.9 Å². The first-order valence-electron chi connectivity index (χ1n) is 10.6. The number of carbonyl (C=O) groups excluding carboxylic acids is 2. The molecule has 2 fully saturated rings. The van der Waals surface area contributed by atoms with E-state index in [1.165, 1.54) is 28.7 Å². The third kappa shape index (κ3) is 8.04. The molecule has 2 unspecified atom stereocenters. The highest BCUT2D eigenvalue weighted by Crippen LogP contribution is 2.30. The summed E-state index contributed by atoms with van der Waals surface area (Å²) in [5.41, 5.74) is 6.12. The lowest BCUT2D eigenvalue weighted by Gasteiger charge is -2.26. The summed E-state index contributed by atoms with van der Waals surface area (Å²) in [7, 11) is 0. The van der Waals surface area contributed by atoms with Crippen LogP contribution in [0.2, 0.25) is 0 Å². The predicted octanol–water partition coefficient (Wildman–Crippen LogP) is 6.38. The van der Waals surface area contributed by atoms with Crippen LogP contribution in [0.3, 0.4) is 0 Å². The summed E-state index contributed by atoms with van der Waals surface area (Å²) in [5, 5.41) is 0. The highest BCUT2D eigenvalue weighted by atomic mass is 16.5. The van der Waals surface area contributed by atoms with Crippen LogP contribution >= 0.6 is 0 Å². The minimum atomic E-state index is -0.268. The Hall–Kier alpha value is -2.10. The number of esters is 2. The van der Waals surface area contributed by atoms with E-state index in [9.17, 15) is 9.59 Å². The molecule has 0 heterocycles. The smallest absolute Gasteiger partial charge is 0.333 e. The second-order valence-corrected chi connectivity index (χ2v) is 8.54. The van der Waals surface area contributed by atoms with Gasteiger partial charge in [-0.2, -0.15) is 0 Å². The van der Waals surface area contributed by atoms with E-state index in [1.54, 1.807) is 13.8 Å².